The number of halogens is 2. The zero-order valence-electron chi connectivity index (χ0n) is 8.14. The van der Waals surface area contributed by atoms with Crippen LogP contribution in [0.1, 0.15) is 33.6 Å². The Bertz CT molecular complexity index is 193. The van der Waals surface area contributed by atoms with Crippen LogP contribution in [0.4, 0.5) is 0 Å². The lowest BCUT2D eigenvalue weighted by molar-refractivity contribution is -0.745. The number of hydrogen-bond acceptors (Lipinski definition) is 2. The zero-order chi connectivity index (χ0) is 10.7. The van der Waals surface area contributed by atoms with E-state index in [9.17, 15) is 9.90 Å². The van der Waals surface area contributed by atoms with Crippen LogP contribution in [0.5, 0.6) is 0 Å². The summed E-state index contributed by atoms with van der Waals surface area (Å²) in [7, 11) is 0. The molecule has 0 aromatic heterocycles. The van der Waals surface area contributed by atoms with E-state index in [4.69, 9.17) is 23.6 Å². The summed E-state index contributed by atoms with van der Waals surface area (Å²) >= 11 is 11.8. The molecule has 0 heterocycles. The van der Waals surface area contributed by atoms with Crippen LogP contribution in [0.15, 0.2) is 0 Å². The summed E-state index contributed by atoms with van der Waals surface area (Å²) in [5.41, 5.74) is -1.28. The molecule has 0 N–H and O–H groups in total. The largest absolute Gasteiger partial charge is 0.544 e. The molecule has 0 amide bonds. The minimum absolute atomic E-state index is 0.403. The molecule has 0 aliphatic rings. The monoisotopic (exact) mass is 227 g/mol. The number of rotatable bonds is 5. The summed E-state index contributed by atoms with van der Waals surface area (Å²) in [5, 5.41) is 10.7. The second kappa shape index (κ2) is 4.49. The van der Waals surface area contributed by atoms with Crippen molar-refractivity contribution < 1.29 is 13.4 Å². The van der Waals surface area contributed by atoms with Crippen LogP contribution in [0, 0.1) is 0 Å². The fourth-order valence-corrected chi connectivity index (χ4v) is 1.15. The number of hydrogen-bond donors (Lipinski definition) is 0. The van der Waals surface area contributed by atoms with Crippen LogP contribution in [-0.2, 0) is 4.79 Å². The highest BCUT2D eigenvalue weighted by atomic mass is 35.5. The first-order chi connectivity index (χ1) is 5.75. The van der Waals surface area contributed by atoms with Crippen molar-refractivity contribution in [2.45, 2.75) is 39.2 Å². The Morgan fingerprint density at radius 3 is 2.23 bits per heavy atom. The first-order valence-corrected chi connectivity index (χ1v) is 4.92. The molecule has 0 fully saturated rings. The van der Waals surface area contributed by atoms with Gasteiger partial charge in [-0.3, -0.25) is 0 Å². The van der Waals surface area contributed by atoms with Gasteiger partial charge in [-0.1, -0.05) is 13.3 Å². The van der Waals surface area contributed by atoms with E-state index in [1.54, 1.807) is 0 Å². The van der Waals surface area contributed by atoms with Gasteiger partial charge in [-0.15, -0.1) is 3.52 Å². The maximum atomic E-state index is 10.7. The SMILES string of the molecule is CCCC[N+](Cl)(Cl)C(C)(C)C(=O)[O-]. The van der Waals surface area contributed by atoms with Crippen molar-refractivity contribution in [2.24, 2.45) is 0 Å². The smallest absolute Gasteiger partial charge is 0.187 e. The molecule has 3 nitrogen and oxygen atoms in total. The number of carboxylic acids is 1. The first kappa shape index (κ1) is 13.0. The fourth-order valence-electron chi connectivity index (χ4n) is 0.770. The van der Waals surface area contributed by atoms with E-state index in [0.717, 1.165) is 12.8 Å². The quantitative estimate of drug-likeness (QED) is 0.668. The van der Waals surface area contributed by atoms with Crippen LogP contribution >= 0.6 is 23.6 Å². The maximum Gasteiger partial charge on any atom is 0.187 e. The number of quaternary nitrogens is 1. The Morgan fingerprint density at radius 2 is 1.92 bits per heavy atom. The van der Waals surface area contributed by atoms with E-state index in [1.165, 1.54) is 13.8 Å². The van der Waals surface area contributed by atoms with Gasteiger partial charge in [0.15, 0.2) is 29.1 Å². The summed E-state index contributed by atoms with van der Waals surface area (Å²) in [4.78, 5) is 10.7. The molecule has 0 bridgehead atoms. The number of carbonyl (C=O) groups excluding carboxylic acids is 1. The van der Waals surface area contributed by atoms with Crippen molar-refractivity contribution in [3.05, 3.63) is 0 Å². The maximum absolute atomic E-state index is 10.7. The molecule has 0 unspecified atom stereocenters. The summed E-state index contributed by atoms with van der Waals surface area (Å²) in [5.74, 6) is -1.24. The van der Waals surface area contributed by atoms with Gasteiger partial charge in [-0.25, -0.2) is 0 Å². The topological polar surface area (TPSA) is 40.1 Å². The summed E-state index contributed by atoms with van der Waals surface area (Å²) in [6.45, 7) is 5.30. The number of carbonyl (C=O) groups is 1. The molecule has 78 valence electrons. The second-order valence-corrected chi connectivity index (χ2v) is 4.88. The third kappa shape index (κ3) is 3.01. The van der Waals surface area contributed by atoms with E-state index in [-0.39, 0.29) is 0 Å². The Balaban J connectivity index is 4.50. The average Bonchev–Trinajstić information content (AvgIpc) is 2.00. The standard InChI is InChI=1S/C8H15Cl2NO2/c1-4-5-6-11(9,10)8(2,3)7(12)13/h4-6H2,1-3H3. The molecular formula is C8H15Cl2NO2. The second-order valence-electron chi connectivity index (χ2n) is 3.55. The van der Waals surface area contributed by atoms with Crippen molar-refractivity contribution in [3.8, 4) is 0 Å². The molecule has 0 aliphatic carbocycles. The molecule has 0 saturated carbocycles. The average molecular weight is 228 g/mol. The summed E-state index contributed by atoms with van der Waals surface area (Å²) in [6.07, 6.45) is 1.70. The number of unbranched alkanes of at least 4 members (excludes halogenated alkanes) is 1. The lowest BCUT2D eigenvalue weighted by atomic mass is 10.1. The van der Waals surface area contributed by atoms with E-state index >= 15 is 0 Å². The number of aliphatic carboxylic acids is 1. The molecule has 0 aromatic carbocycles. The Morgan fingerprint density at radius 1 is 1.46 bits per heavy atom. The molecular weight excluding hydrogens is 213 g/mol. The molecule has 5 heteroatoms. The highest BCUT2D eigenvalue weighted by Gasteiger charge is 2.44. The van der Waals surface area contributed by atoms with Gasteiger partial charge in [-0.05, 0) is 20.3 Å². The third-order valence-corrected chi connectivity index (χ3v) is 3.29. The van der Waals surface area contributed by atoms with Crippen molar-refractivity contribution in [2.75, 3.05) is 6.54 Å². The summed E-state index contributed by atoms with van der Waals surface area (Å²) in [6, 6.07) is 0. The molecule has 0 saturated heterocycles. The minimum atomic E-state index is -1.28. The molecule has 13 heavy (non-hydrogen) atoms. The van der Waals surface area contributed by atoms with Crippen molar-refractivity contribution in [1.29, 1.82) is 0 Å². The molecule has 0 aromatic rings. The lowest BCUT2D eigenvalue weighted by Gasteiger charge is -2.36. The molecule has 0 rings (SSSR count). The minimum Gasteiger partial charge on any atom is -0.544 e. The Hall–Kier alpha value is 0.01000. The van der Waals surface area contributed by atoms with Gasteiger partial charge in [0.05, 0.1) is 0 Å². The van der Waals surface area contributed by atoms with E-state index in [2.05, 4.69) is 0 Å². The number of carboxylic acid groups (broad SMARTS) is 1. The van der Waals surface area contributed by atoms with Gasteiger partial charge in [0, 0.05) is 0 Å². The molecule has 0 spiro atoms. The van der Waals surface area contributed by atoms with Gasteiger partial charge in [-0.2, -0.15) is 0 Å². The van der Waals surface area contributed by atoms with Crippen LogP contribution in [0.25, 0.3) is 0 Å². The van der Waals surface area contributed by atoms with Gasteiger partial charge in [0.1, 0.15) is 12.5 Å². The van der Waals surface area contributed by atoms with Gasteiger partial charge >= 0.3 is 0 Å². The lowest BCUT2D eigenvalue weighted by Crippen LogP contribution is -2.59. The third-order valence-electron chi connectivity index (χ3n) is 2.11. The first-order valence-electron chi connectivity index (χ1n) is 4.24. The fraction of sp³-hybridized carbons (Fsp3) is 0.875. The zero-order valence-corrected chi connectivity index (χ0v) is 9.65. The molecule has 0 atom stereocenters. The highest BCUT2D eigenvalue weighted by molar-refractivity contribution is 6.24. The molecule has 0 radical (unpaired) electrons. The van der Waals surface area contributed by atoms with E-state index < -0.39 is 15.0 Å². The van der Waals surface area contributed by atoms with Gasteiger partial charge in [0.25, 0.3) is 0 Å². The van der Waals surface area contributed by atoms with Gasteiger partial charge < -0.3 is 9.90 Å². The summed E-state index contributed by atoms with van der Waals surface area (Å²) < 4.78 is -0.580. The predicted octanol–water partition coefficient (Wildman–Crippen LogP) is 1.44. The normalized spacial score (nSPS) is 13.0. The Kier molecular flexibility index (Phi) is 4.49. The van der Waals surface area contributed by atoms with E-state index in [1.807, 2.05) is 6.92 Å². The van der Waals surface area contributed by atoms with Crippen molar-refractivity contribution >= 4 is 29.5 Å². The van der Waals surface area contributed by atoms with E-state index in [0.29, 0.717) is 6.54 Å². The van der Waals surface area contributed by atoms with Crippen molar-refractivity contribution in [1.82, 2.24) is 0 Å². The van der Waals surface area contributed by atoms with Crippen LogP contribution in [0.2, 0.25) is 0 Å². The van der Waals surface area contributed by atoms with Crippen LogP contribution < -0.4 is 5.11 Å². The predicted molar refractivity (Wildman–Crippen MR) is 50.8 cm³/mol. The van der Waals surface area contributed by atoms with Crippen LogP contribution in [-0.4, -0.2) is 21.6 Å². The van der Waals surface area contributed by atoms with Gasteiger partial charge in [0.2, 0.25) is 0 Å². The van der Waals surface area contributed by atoms with Crippen molar-refractivity contribution in [3.63, 3.8) is 0 Å². The van der Waals surface area contributed by atoms with Crippen LogP contribution in [0.3, 0.4) is 0 Å². The molecule has 0 aliphatic heterocycles. The Labute approximate surface area is 89.0 Å². The highest BCUT2D eigenvalue weighted by Crippen LogP contribution is 2.32. The number of nitrogens with zero attached hydrogens (tertiary/aromatic N) is 1.